The lowest BCUT2D eigenvalue weighted by Crippen LogP contribution is -2.46. The molecule has 2 N–H and O–H groups in total. The molecule has 0 fully saturated rings. The van der Waals surface area contributed by atoms with E-state index in [0.29, 0.717) is 35.3 Å². The van der Waals surface area contributed by atoms with E-state index < -0.39 is 6.04 Å². The van der Waals surface area contributed by atoms with Crippen LogP contribution in [0.3, 0.4) is 0 Å². The van der Waals surface area contributed by atoms with Gasteiger partial charge in [-0.1, -0.05) is 19.9 Å². The molecule has 0 spiro atoms. The Labute approximate surface area is 150 Å². The van der Waals surface area contributed by atoms with E-state index in [0.717, 1.165) is 0 Å². The predicted molar refractivity (Wildman–Crippen MR) is 96.5 cm³/mol. The zero-order chi connectivity index (χ0) is 17.8. The van der Waals surface area contributed by atoms with Gasteiger partial charge in [-0.15, -0.1) is 11.3 Å². The number of ether oxygens (including phenoxy) is 2. The van der Waals surface area contributed by atoms with E-state index in [4.69, 9.17) is 9.47 Å². The van der Waals surface area contributed by atoms with Gasteiger partial charge in [-0.3, -0.25) is 9.59 Å². The average molecular weight is 360 g/mol. The van der Waals surface area contributed by atoms with Gasteiger partial charge >= 0.3 is 0 Å². The molecule has 2 amide bonds. The van der Waals surface area contributed by atoms with E-state index in [2.05, 4.69) is 10.6 Å². The molecule has 2 aromatic rings. The second kappa shape index (κ2) is 7.57. The number of nitrogens with one attached hydrogen (secondary N) is 2. The number of carbonyl (C=O) groups is 2. The van der Waals surface area contributed by atoms with Crippen molar-refractivity contribution >= 4 is 28.8 Å². The second-order valence-electron chi connectivity index (χ2n) is 6.02. The molecule has 132 valence electrons. The smallest absolute Gasteiger partial charge is 0.262 e. The average Bonchev–Trinajstić information content (AvgIpc) is 3.13. The summed E-state index contributed by atoms with van der Waals surface area (Å²) in [6.07, 6.45) is 0. The van der Waals surface area contributed by atoms with Crippen molar-refractivity contribution in [3.8, 4) is 11.5 Å². The number of anilines is 1. The summed E-state index contributed by atoms with van der Waals surface area (Å²) in [6, 6.07) is 8.14. The van der Waals surface area contributed by atoms with Crippen LogP contribution in [-0.4, -0.2) is 31.1 Å². The van der Waals surface area contributed by atoms with Gasteiger partial charge < -0.3 is 20.1 Å². The molecule has 0 saturated heterocycles. The Morgan fingerprint density at radius 3 is 2.56 bits per heavy atom. The Balaban J connectivity index is 1.69. The van der Waals surface area contributed by atoms with E-state index in [-0.39, 0.29) is 17.7 Å². The summed E-state index contributed by atoms with van der Waals surface area (Å²) in [7, 11) is 0. The lowest BCUT2D eigenvalue weighted by molar-refractivity contribution is -0.118. The number of hydrogen-bond acceptors (Lipinski definition) is 5. The van der Waals surface area contributed by atoms with Crippen LogP contribution in [0.4, 0.5) is 5.69 Å². The minimum Gasteiger partial charge on any atom is -0.486 e. The second-order valence-corrected chi connectivity index (χ2v) is 6.97. The Morgan fingerprint density at radius 1 is 1.12 bits per heavy atom. The molecular formula is C18H20N2O4S. The predicted octanol–water partition coefficient (Wildman–Crippen LogP) is 2.91. The zero-order valence-electron chi connectivity index (χ0n) is 14.1. The van der Waals surface area contributed by atoms with E-state index >= 15 is 0 Å². The van der Waals surface area contributed by atoms with Crippen LogP contribution in [0.2, 0.25) is 0 Å². The minimum absolute atomic E-state index is 0.0545. The molecule has 0 saturated carbocycles. The molecule has 7 heteroatoms. The molecule has 1 atom stereocenters. The summed E-state index contributed by atoms with van der Waals surface area (Å²) < 4.78 is 11.0. The third-order valence-corrected chi connectivity index (χ3v) is 4.66. The first kappa shape index (κ1) is 17.3. The molecule has 0 bridgehead atoms. The number of fused-ring (bicyclic) bond motifs is 1. The monoisotopic (exact) mass is 360 g/mol. The number of amides is 2. The highest BCUT2D eigenvalue weighted by atomic mass is 32.1. The highest BCUT2D eigenvalue weighted by Crippen LogP contribution is 2.32. The number of rotatable bonds is 5. The fourth-order valence-electron chi connectivity index (χ4n) is 2.50. The molecule has 3 rings (SSSR count). The van der Waals surface area contributed by atoms with Gasteiger partial charge in [0.05, 0.1) is 4.88 Å². The Bertz CT molecular complexity index is 758. The van der Waals surface area contributed by atoms with Gasteiger partial charge in [0.15, 0.2) is 11.5 Å². The van der Waals surface area contributed by atoms with Crippen LogP contribution in [0.15, 0.2) is 35.7 Å². The van der Waals surface area contributed by atoms with E-state index in [9.17, 15) is 9.59 Å². The molecule has 0 unspecified atom stereocenters. The highest BCUT2D eigenvalue weighted by Gasteiger charge is 2.25. The van der Waals surface area contributed by atoms with Gasteiger partial charge in [0.2, 0.25) is 5.91 Å². The molecule has 1 aliphatic heterocycles. The van der Waals surface area contributed by atoms with Crippen LogP contribution >= 0.6 is 11.3 Å². The summed E-state index contributed by atoms with van der Waals surface area (Å²) in [5, 5.41) is 7.47. The fraction of sp³-hybridized carbons (Fsp3) is 0.333. The largest absolute Gasteiger partial charge is 0.486 e. The maximum atomic E-state index is 12.6. The molecular weight excluding hydrogens is 340 g/mol. The first-order valence-electron chi connectivity index (χ1n) is 8.09. The highest BCUT2D eigenvalue weighted by molar-refractivity contribution is 7.12. The summed E-state index contributed by atoms with van der Waals surface area (Å²) in [4.78, 5) is 25.5. The summed E-state index contributed by atoms with van der Waals surface area (Å²) in [6.45, 7) is 4.78. The number of carbonyl (C=O) groups excluding carboxylic acids is 2. The van der Waals surface area contributed by atoms with Gasteiger partial charge in [0.25, 0.3) is 5.91 Å². The lowest BCUT2D eigenvalue weighted by atomic mass is 10.0. The Morgan fingerprint density at radius 2 is 1.88 bits per heavy atom. The molecule has 6 nitrogen and oxygen atoms in total. The standard InChI is InChI=1S/C18H20N2O4S/c1-11(2)16(20-17(21)15-4-3-9-25-15)18(22)19-12-5-6-13-14(10-12)24-8-7-23-13/h3-6,9-11,16H,7-8H2,1-2H3,(H,19,22)(H,20,21)/t16-/m0/s1. The van der Waals surface area contributed by atoms with Gasteiger partial charge in [0, 0.05) is 11.8 Å². The zero-order valence-corrected chi connectivity index (χ0v) is 14.9. The van der Waals surface area contributed by atoms with Crippen LogP contribution in [0, 0.1) is 5.92 Å². The van der Waals surface area contributed by atoms with Crippen molar-refractivity contribution in [3.05, 3.63) is 40.6 Å². The fourth-order valence-corrected chi connectivity index (χ4v) is 3.12. The van der Waals surface area contributed by atoms with Crippen LogP contribution in [0.1, 0.15) is 23.5 Å². The first-order chi connectivity index (χ1) is 12.0. The van der Waals surface area contributed by atoms with Crippen molar-refractivity contribution in [1.82, 2.24) is 5.32 Å². The van der Waals surface area contributed by atoms with Crippen LogP contribution in [0.5, 0.6) is 11.5 Å². The maximum absolute atomic E-state index is 12.6. The van der Waals surface area contributed by atoms with E-state index in [1.807, 2.05) is 19.2 Å². The van der Waals surface area contributed by atoms with Crippen molar-refractivity contribution in [2.75, 3.05) is 18.5 Å². The Kier molecular flexibility index (Phi) is 5.23. The molecule has 1 aromatic carbocycles. The van der Waals surface area contributed by atoms with Crippen molar-refractivity contribution in [3.63, 3.8) is 0 Å². The summed E-state index contributed by atoms with van der Waals surface area (Å²) >= 11 is 1.34. The topological polar surface area (TPSA) is 76.7 Å². The number of thiophene rings is 1. The number of hydrogen-bond donors (Lipinski definition) is 2. The summed E-state index contributed by atoms with van der Waals surface area (Å²) in [5.41, 5.74) is 0.602. The van der Waals surface area contributed by atoms with Crippen molar-refractivity contribution in [2.24, 2.45) is 5.92 Å². The molecule has 1 aromatic heterocycles. The maximum Gasteiger partial charge on any atom is 0.262 e. The Hall–Kier alpha value is -2.54. The third-order valence-electron chi connectivity index (χ3n) is 3.79. The lowest BCUT2D eigenvalue weighted by Gasteiger charge is -2.22. The molecule has 0 aliphatic carbocycles. The quantitative estimate of drug-likeness (QED) is 0.860. The molecule has 1 aliphatic rings. The van der Waals surface area contributed by atoms with Crippen LogP contribution < -0.4 is 20.1 Å². The first-order valence-corrected chi connectivity index (χ1v) is 8.97. The van der Waals surface area contributed by atoms with Crippen molar-refractivity contribution < 1.29 is 19.1 Å². The van der Waals surface area contributed by atoms with Gasteiger partial charge in [-0.25, -0.2) is 0 Å². The minimum atomic E-state index is -0.636. The molecule has 0 radical (unpaired) electrons. The third kappa shape index (κ3) is 4.11. The SMILES string of the molecule is CC(C)[C@H](NC(=O)c1cccs1)C(=O)Nc1ccc2c(c1)OCCO2. The van der Waals surface area contributed by atoms with Gasteiger partial charge in [0.1, 0.15) is 19.3 Å². The van der Waals surface area contributed by atoms with Gasteiger partial charge in [-0.2, -0.15) is 0 Å². The van der Waals surface area contributed by atoms with E-state index in [1.54, 1.807) is 30.3 Å². The van der Waals surface area contributed by atoms with Crippen molar-refractivity contribution in [1.29, 1.82) is 0 Å². The molecule has 25 heavy (non-hydrogen) atoms. The van der Waals surface area contributed by atoms with Crippen molar-refractivity contribution in [2.45, 2.75) is 19.9 Å². The van der Waals surface area contributed by atoms with Crippen LogP contribution in [0.25, 0.3) is 0 Å². The van der Waals surface area contributed by atoms with E-state index in [1.165, 1.54) is 11.3 Å². The number of benzene rings is 1. The molecule has 2 heterocycles. The van der Waals surface area contributed by atoms with Gasteiger partial charge in [-0.05, 0) is 29.5 Å². The normalized spacial score (nSPS) is 14.0. The summed E-state index contributed by atoms with van der Waals surface area (Å²) in [5.74, 6) is 0.701. The van der Waals surface area contributed by atoms with Crippen LogP contribution in [-0.2, 0) is 4.79 Å².